The summed E-state index contributed by atoms with van der Waals surface area (Å²) in [7, 11) is -9.79. The van der Waals surface area contributed by atoms with Gasteiger partial charge in [-0.1, -0.05) is 339 Å². The fourth-order valence-electron chi connectivity index (χ4n) is 11.3. The lowest BCUT2D eigenvalue weighted by Crippen LogP contribution is -2.30. The summed E-state index contributed by atoms with van der Waals surface area (Å²) in [6, 6.07) is 0. The predicted molar refractivity (Wildman–Crippen MR) is 454 cm³/mol. The van der Waals surface area contributed by atoms with E-state index in [0.717, 1.165) is 173 Å². The summed E-state index contributed by atoms with van der Waals surface area (Å²) in [4.78, 5) is 58.7. The van der Waals surface area contributed by atoms with Crippen molar-refractivity contribution in [2.45, 2.75) is 360 Å². The largest absolute Gasteiger partial charge is 0.472 e. The van der Waals surface area contributed by atoms with Crippen LogP contribution in [-0.4, -0.2) is 95.9 Å². The number of hydrogen-bond donors (Lipinski definition) is 4. The monoisotopic (exact) mass is 1570 g/mol. The molecule has 0 saturated carbocycles. The number of hydrogen-bond acceptors (Lipinski definition) is 14. The van der Waals surface area contributed by atoms with Crippen molar-refractivity contribution in [3.63, 3.8) is 0 Å². The van der Waals surface area contributed by atoms with Gasteiger partial charge in [0.25, 0.3) is 0 Å². The first-order valence-electron chi connectivity index (χ1n) is 42.8. The van der Waals surface area contributed by atoms with E-state index in [2.05, 4.69) is 179 Å². The topological polar surface area (TPSA) is 231 Å². The zero-order chi connectivity index (χ0) is 79.4. The number of rotatable bonds is 80. The molecule has 0 aliphatic heterocycles. The van der Waals surface area contributed by atoms with Crippen LogP contribution in [0.25, 0.3) is 0 Å². The van der Waals surface area contributed by atoms with Crippen molar-refractivity contribution in [1.29, 1.82) is 0 Å². The van der Waals surface area contributed by atoms with E-state index >= 15 is 0 Å². The summed E-state index contributed by atoms with van der Waals surface area (Å²) < 4.78 is 61.2. The van der Waals surface area contributed by atoms with Gasteiger partial charge in [0.05, 0.1) is 26.4 Å². The third-order valence-electron chi connectivity index (χ3n) is 17.7. The highest BCUT2D eigenvalue weighted by molar-refractivity contribution is 7.47. The third kappa shape index (κ3) is 83.9. The maximum Gasteiger partial charge on any atom is 0.472 e. The van der Waals surface area contributed by atoms with Crippen LogP contribution in [0.15, 0.2) is 158 Å². The number of carbonyl (C=O) groups is 3. The molecule has 0 fully saturated rings. The Morgan fingerprint density at radius 3 is 0.780 bits per heavy atom. The van der Waals surface area contributed by atoms with Crippen LogP contribution in [0.4, 0.5) is 0 Å². The van der Waals surface area contributed by atoms with Crippen LogP contribution >= 0.6 is 15.6 Å². The van der Waals surface area contributed by atoms with Gasteiger partial charge in [-0.2, -0.15) is 0 Å². The fourth-order valence-corrected chi connectivity index (χ4v) is 12.9. The Hall–Kier alpha value is -4.83. The molecule has 109 heavy (non-hydrogen) atoms. The molecule has 0 radical (unpaired) electrons. The second kappa shape index (κ2) is 82.6. The zero-order valence-electron chi connectivity index (χ0n) is 68.4. The summed E-state index contributed by atoms with van der Waals surface area (Å²) in [5, 5.41) is 20.7. The first-order chi connectivity index (χ1) is 53.2. The Labute approximate surface area is 663 Å². The van der Waals surface area contributed by atoms with E-state index in [0.29, 0.717) is 19.3 Å². The van der Waals surface area contributed by atoms with Crippen LogP contribution in [0.1, 0.15) is 342 Å². The van der Waals surface area contributed by atoms with Crippen molar-refractivity contribution in [2.24, 2.45) is 0 Å². The lowest BCUT2D eigenvalue weighted by molar-refractivity contribution is -0.161. The number of phosphoric acid groups is 2. The minimum Gasteiger partial charge on any atom is -0.463 e. The number of allylic oxidation sites excluding steroid dienone is 26. The molecule has 18 heteroatoms. The van der Waals surface area contributed by atoms with E-state index in [9.17, 15) is 43.5 Å². The smallest absolute Gasteiger partial charge is 0.463 e. The highest BCUT2D eigenvalue weighted by Crippen LogP contribution is 2.45. The minimum absolute atomic E-state index is 0.0915. The number of aliphatic hydroxyl groups is 2. The summed E-state index contributed by atoms with van der Waals surface area (Å²) >= 11 is 0. The average molecular weight is 1570 g/mol. The highest BCUT2D eigenvalue weighted by atomic mass is 31.2. The van der Waals surface area contributed by atoms with Crippen molar-refractivity contribution in [3.8, 4) is 0 Å². The molecule has 16 nitrogen and oxygen atoms in total. The van der Waals surface area contributed by atoms with Crippen molar-refractivity contribution < 1.29 is 75.8 Å². The normalized spacial score (nSPS) is 14.7. The van der Waals surface area contributed by atoms with Gasteiger partial charge in [-0.3, -0.25) is 32.5 Å². The number of esters is 3. The Morgan fingerprint density at radius 2 is 0.486 bits per heavy atom. The fraction of sp³-hybridized carbons (Fsp3) is 0.681. The van der Waals surface area contributed by atoms with E-state index < -0.39 is 91.5 Å². The third-order valence-corrected chi connectivity index (χ3v) is 19.6. The summed E-state index contributed by atoms with van der Waals surface area (Å²) in [6.45, 7) is 2.41. The van der Waals surface area contributed by atoms with Crippen molar-refractivity contribution in [3.05, 3.63) is 158 Å². The maximum atomic E-state index is 12.9. The van der Waals surface area contributed by atoms with Crippen LogP contribution in [0.5, 0.6) is 0 Å². The van der Waals surface area contributed by atoms with Gasteiger partial charge in [-0.15, -0.1) is 0 Å². The Morgan fingerprint density at radius 1 is 0.266 bits per heavy atom. The van der Waals surface area contributed by atoms with Gasteiger partial charge in [-0.05, 0) is 141 Å². The molecule has 0 aromatic rings. The van der Waals surface area contributed by atoms with Crippen LogP contribution in [-0.2, 0) is 55.8 Å². The quantitative estimate of drug-likeness (QED) is 0.0146. The number of aliphatic hydroxyl groups excluding tert-OH is 2. The minimum atomic E-state index is -4.93. The molecule has 5 atom stereocenters. The second-order valence-corrected chi connectivity index (χ2v) is 31.1. The highest BCUT2D eigenvalue weighted by Gasteiger charge is 2.29. The van der Waals surface area contributed by atoms with Crippen molar-refractivity contribution in [2.75, 3.05) is 39.6 Å². The zero-order valence-corrected chi connectivity index (χ0v) is 70.2. The van der Waals surface area contributed by atoms with Gasteiger partial charge in [0.2, 0.25) is 0 Å². The number of ether oxygens (including phenoxy) is 3. The molecule has 0 aliphatic rings. The van der Waals surface area contributed by atoms with Crippen LogP contribution < -0.4 is 0 Å². The molecule has 4 N–H and O–H groups in total. The number of phosphoric ester groups is 2. The van der Waals surface area contributed by atoms with Gasteiger partial charge in [0, 0.05) is 19.3 Å². The molecule has 0 amide bonds. The molecule has 5 unspecified atom stereocenters. The summed E-state index contributed by atoms with van der Waals surface area (Å²) in [6.07, 6.45) is 105. The molecule has 0 aromatic carbocycles. The molecule has 624 valence electrons. The molecular weight excluding hydrogens is 1410 g/mol. The predicted octanol–water partition coefficient (Wildman–Crippen LogP) is 25.8. The molecule has 0 bridgehead atoms. The number of carbonyl (C=O) groups excluding carboxylic acids is 3. The van der Waals surface area contributed by atoms with Crippen molar-refractivity contribution >= 4 is 33.6 Å². The first kappa shape index (κ1) is 104. The second-order valence-electron chi connectivity index (χ2n) is 28.2. The van der Waals surface area contributed by atoms with Gasteiger partial charge in [-0.25, -0.2) is 9.13 Å². The standard InChI is InChI=1S/C91H154O16P2/c1-4-7-10-13-16-19-22-24-26-28-30-32-34-36-38-40-42-44-46-48-50-52-54-56-58-60-63-65-68-71-74-77-89(94)101-80-86(92)81-103-108(97,98)104-82-87(93)83-105-109(99,100)106-85-88(107-91(96)79-76-73-70-67-62-21-18-15-12-9-6-3)84-102-90(95)78-75-72-69-66-64-61-59-57-55-53-51-49-47-45-43-41-39-37-35-33-31-29-27-25-23-20-17-14-11-8-5-2/h7-8,10-11,15-20,24-27,30-33,36-39,42-45,86-88,92-93H,4-6,9,12-14,21-23,28-29,34-35,40-41,46-85H2,1-3H3,(H,97,98)(H,99,100)/b10-7-,11-8-,18-15-,19-16-,20-17-,26-24-,27-25-,32-30-,33-31-,38-36-,39-37-,44-42-,45-43-. The van der Waals surface area contributed by atoms with Crippen LogP contribution in [0, 0.1) is 0 Å². The van der Waals surface area contributed by atoms with Crippen LogP contribution in [0.3, 0.4) is 0 Å². The molecule has 0 aromatic heterocycles. The Balaban J connectivity index is 4.41. The first-order valence-corrected chi connectivity index (χ1v) is 45.8. The average Bonchev–Trinajstić information content (AvgIpc) is 0.837. The lowest BCUT2D eigenvalue weighted by Gasteiger charge is -2.21. The molecule has 0 spiro atoms. The van der Waals surface area contributed by atoms with Crippen molar-refractivity contribution in [1.82, 2.24) is 0 Å². The Bertz CT molecular complexity index is 2610. The van der Waals surface area contributed by atoms with E-state index in [1.807, 2.05) is 0 Å². The molecule has 0 saturated heterocycles. The van der Waals surface area contributed by atoms with Gasteiger partial charge in [0.1, 0.15) is 25.4 Å². The molecule has 0 aliphatic carbocycles. The van der Waals surface area contributed by atoms with Gasteiger partial charge in [0.15, 0.2) is 6.10 Å². The molecule has 0 heterocycles. The van der Waals surface area contributed by atoms with E-state index in [1.54, 1.807) is 0 Å². The Kier molecular flexibility index (Phi) is 79.0. The summed E-state index contributed by atoms with van der Waals surface area (Å²) in [5.41, 5.74) is 0. The lowest BCUT2D eigenvalue weighted by atomic mass is 10.0. The SMILES string of the molecule is CC/C=C\C/C=C\C/C=C\C/C=C\C/C=C\C/C=C\CCCCCCCCCCCCCCC(=O)OCC(O)COP(=O)(O)OCC(O)COP(=O)(O)OCC(COC(=O)CCCCCCCCCCCCCC/C=C\C/C=C\C/C=C\C/C=C\C/C=C\C/C=C\CC)OC(=O)CCCCCCC/C=C\CCCC. The van der Waals surface area contributed by atoms with Gasteiger partial charge >= 0.3 is 33.6 Å². The van der Waals surface area contributed by atoms with Gasteiger partial charge < -0.3 is 34.2 Å². The van der Waals surface area contributed by atoms with E-state index in [-0.39, 0.29) is 19.3 Å². The van der Waals surface area contributed by atoms with E-state index in [1.165, 1.54) is 109 Å². The maximum absolute atomic E-state index is 12.9. The number of unbranched alkanes of at least 4 members (excludes halogenated alkanes) is 31. The molecule has 0 rings (SSSR count). The molecular formula is C91H154O16P2. The summed E-state index contributed by atoms with van der Waals surface area (Å²) in [5.74, 6) is -1.59. The van der Waals surface area contributed by atoms with E-state index in [4.69, 9.17) is 32.3 Å². The van der Waals surface area contributed by atoms with Crippen LogP contribution in [0.2, 0.25) is 0 Å².